The number of aliphatic hydroxyl groups is 1. The molecule has 1 saturated heterocycles. The number of ether oxygens (including phenoxy) is 1. The maximum atomic E-state index is 12.1. The Bertz CT molecular complexity index is 1110. The first-order chi connectivity index (χ1) is 14.4. The molecule has 1 aliphatic heterocycles. The lowest BCUT2D eigenvalue weighted by atomic mass is 9.90. The molecule has 7 atom stereocenters. The third kappa shape index (κ3) is 6.10. The van der Waals surface area contributed by atoms with E-state index >= 15 is 0 Å². The average Bonchev–Trinajstić information content (AvgIpc) is 2.84. The van der Waals surface area contributed by atoms with E-state index in [1.54, 1.807) is 0 Å². The summed E-state index contributed by atoms with van der Waals surface area (Å²) < 4.78 is 52.2. The van der Waals surface area contributed by atoms with E-state index in [0.717, 1.165) is 17.7 Å². The molecule has 20 heteroatoms. The molecular formula is C12H19N4O13P3. The van der Waals surface area contributed by atoms with Crippen LogP contribution in [0.3, 0.4) is 0 Å². The fraction of sp³-hybridized carbons (Fsp3) is 0.500. The fourth-order valence-corrected chi connectivity index (χ4v) is 5.95. The Morgan fingerprint density at radius 2 is 1.88 bits per heavy atom. The van der Waals surface area contributed by atoms with E-state index in [-0.39, 0.29) is 5.82 Å². The van der Waals surface area contributed by atoms with Crippen LogP contribution in [0.4, 0.5) is 5.82 Å². The summed E-state index contributed by atoms with van der Waals surface area (Å²) in [4.78, 5) is 51.5. The molecule has 1 aromatic rings. The Balaban J connectivity index is 2.27. The molecule has 0 amide bonds. The number of nitrogen functional groups attached to an aromatic ring is 1. The van der Waals surface area contributed by atoms with E-state index < -0.39 is 59.2 Å². The van der Waals surface area contributed by atoms with Crippen molar-refractivity contribution >= 4 is 29.3 Å². The van der Waals surface area contributed by atoms with Gasteiger partial charge in [-0.2, -0.15) is 13.6 Å². The van der Waals surface area contributed by atoms with E-state index in [9.17, 15) is 33.4 Å². The number of terminal acetylenes is 1. The molecule has 0 radical (unpaired) electrons. The second-order valence-corrected chi connectivity index (χ2v) is 10.8. The summed E-state index contributed by atoms with van der Waals surface area (Å²) in [5.41, 5.74) is 8.38. The molecule has 3 unspecified atom stereocenters. The van der Waals surface area contributed by atoms with Crippen molar-refractivity contribution in [3.63, 3.8) is 0 Å². The van der Waals surface area contributed by atoms with Gasteiger partial charge in [-0.1, -0.05) is 5.92 Å². The smallest absolute Gasteiger partial charge is 0.387 e. The Labute approximate surface area is 179 Å². The van der Waals surface area contributed by atoms with Crippen LogP contribution in [-0.2, 0) is 31.6 Å². The second kappa shape index (κ2) is 9.05. The van der Waals surface area contributed by atoms with Crippen molar-refractivity contribution in [3.05, 3.63) is 22.7 Å². The van der Waals surface area contributed by atoms with Crippen LogP contribution < -0.4 is 17.2 Å². The molecule has 2 heterocycles. The molecule has 32 heavy (non-hydrogen) atoms. The van der Waals surface area contributed by atoms with E-state index in [4.69, 9.17) is 32.4 Å². The molecule has 0 spiro atoms. The van der Waals surface area contributed by atoms with Gasteiger partial charge in [0, 0.05) is 6.20 Å². The number of phosphoric ester groups is 1. The van der Waals surface area contributed by atoms with Gasteiger partial charge in [-0.15, -0.1) is 6.42 Å². The molecular weight excluding hydrogens is 501 g/mol. The Morgan fingerprint density at radius 1 is 1.28 bits per heavy atom. The van der Waals surface area contributed by atoms with Gasteiger partial charge in [0.15, 0.2) is 11.8 Å². The maximum Gasteiger partial charge on any atom is 0.490 e. The average molecular weight is 520 g/mol. The molecule has 1 aromatic heterocycles. The molecule has 1 aliphatic rings. The highest BCUT2D eigenvalue weighted by molar-refractivity contribution is 7.66. The van der Waals surface area contributed by atoms with Crippen LogP contribution in [0.2, 0.25) is 0 Å². The van der Waals surface area contributed by atoms with Crippen molar-refractivity contribution in [2.75, 3.05) is 5.73 Å². The van der Waals surface area contributed by atoms with Gasteiger partial charge in [0.25, 0.3) is 0 Å². The normalized spacial score (nSPS) is 30.8. The predicted molar refractivity (Wildman–Crippen MR) is 103 cm³/mol. The van der Waals surface area contributed by atoms with Crippen LogP contribution in [0.15, 0.2) is 17.1 Å². The number of hydrogen-bond donors (Lipinski definition) is 7. The lowest BCUT2D eigenvalue weighted by Gasteiger charge is -2.28. The summed E-state index contributed by atoms with van der Waals surface area (Å²) in [6, 6.07) is 1.21. The number of nitrogens with zero attached hydrogens (tertiary/aromatic N) is 2. The summed E-state index contributed by atoms with van der Waals surface area (Å²) in [5.74, 6) is 1.93. The fourth-order valence-electron chi connectivity index (χ4n) is 2.75. The molecule has 1 fully saturated rings. The van der Waals surface area contributed by atoms with E-state index in [1.807, 2.05) is 0 Å². The van der Waals surface area contributed by atoms with E-state index in [0.29, 0.717) is 0 Å². The third-order valence-electron chi connectivity index (χ3n) is 4.03. The minimum atomic E-state index is -5.77. The summed E-state index contributed by atoms with van der Waals surface area (Å²) >= 11 is 0. The minimum Gasteiger partial charge on any atom is -0.387 e. The number of rotatable bonds is 8. The first-order valence-corrected chi connectivity index (χ1v) is 12.7. The summed E-state index contributed by atoms with van der Waals surface area (Å²) in [5, 5.41) is 10.6. The minimum absolute atomic E-state index is 0.134. The van der Waals surface area contributed by atoms with Gasteiger partial charge in [-0.25, -0.2) is 18.5 Å². The third-order valence-corrected chi connectivity index (χ3v) is 7.95. The van der Waals surface area contributed by atoms with Gasteiger partial charge < -0.3 is 40.9 Å². The predicted octanol–water partition coefficient (Wildman–Crippen LogP) is -1.85. The highest BCUT2D eigenvalue weighted by Gasteiger charge is 2.57. The Kier molecular flexibility index (Phi) is 7.58. The van der Waals surface area contributed by atoms with Crippen LogP contribution >= 0.6 is 23.5 Å². The summed E-state index contributed by atoms with van der Waals surface area (Å²) in [7, 11) is -16.9. The van der Waals surface area contributed by atoms with Gasteiger partial charge in [-0.3, -0.25) is 9.09 Å². The number of nitrogens with two attached hydrogens (primary N) is 2. The SMILES string of the molecule is C#CC1(N)[C@@H](O)[C@@H]([C@@H](C)OP(=O)(O)OP(=O)(O)OP(=O)(O)O)O[C@H]1n1ccc(N)nc1=O. The van der Waals surface area contributed by atoms with Crippen molar-refractivity contribution in [1.82, 2.24) is 9.55 Å². The number of aromatic nitrogens is 2. The number of anilines is 1. The molecule has 0 aromatic carbocycles. The van der Waals surface area contributed by atoms with E-state index in [1.165, 1.54) is 6.07 Å². The zero-order chi connectivity index (χ0) is 24.7. The molecule has 0 saturated carbocycles. The van der Waals surface area contributed by atoms with Crippen LogP contribution in [0.25, 0.3) is 0 Å². The lowest BCUT2D eigenvalue weighted by Crippen LogP contribution is -2.55. The van der Waals surface area contributed by atoms with Crippen LogP contribution in [0, 0.1) is 12.3 Å². The number of aliphatic hydroxyl groups excluding tert-OH is 1. The van der Waals surface area contributed by atoms with Crippen LogP contribution in [0.1, 0.15) is 13.2 Å². The highest BCUT2D eigenvalue weighted by Crippen LogP contribution is 2.66. The van der Waals surface area contributed by atoms with Gasteiger partial charge in [0.05, 0.1) is 6.10 Å². The van der Waals surface area contributed by atoms with Crippen molar-refractivity contribution in [1.29, 1.82) is 0 Å². The standard InChI is InChI=1S/C12H19N4O13P3/c1-3-12(14)9(17)8(26-10(12)16-5-4-7(13)15-11(16)18)6(2)27-31(22,23)29-32(24,25)28-30(19,20)21/h1,4-6,8-10,17H,14H2,2H3,(H,22,23)(H,24,25)(H2,13,15,18)(H2,19,20,21)/t6-,8-,9+,10-,12?/m1/s1. The van der Waals surface area contributed by atoms with Crippen molar-refractivity contribution in [3.8, 4) is 12.3 Å². The van der Waals surface area contributed by atoms with Crippen molar-refractivity contribution in [2.24, 2.45) is 5.73 Å². The molecule has 9 N–H and O–H groups in total. The van der Waals surface area contributed by atoms with Gasteiger partial charge >= 0.3 is 29.2 Å². The Hall–Kier alpha value is -1.47. The second-order valence-electron chi connectivity index (χ2n) is 6.42. The first kappa shape index (κ1) is 26.8. The highest BCUT2D eigenvalue weighted by atomic mass is 31.3. The van der Waals surface area contributed by atoms with Gasteiger partial charge in [0.1, 0.15) is 18.0 Å². The molecule has 0 bridgehead atoms. The zero-order valence-electron chi connectivity index (χ0n) is 15.9. The van der Waals surface area contributed by atoms with Gasteiger partial charge in [0.2, 0.25) is 0 Å². The monoisotopic (exact) mass is 520 g/mol. The molecule has 0 aliphatic carbocycles. The topological polar surface area (TPSA) is 276 Å². The number of phosphoric acid groups is 3. The molecule has 2 rings (SSSR count). The number of hydrogen-bond acceptors (Lipinski definition) is 12. The summed E-state index contributed by atoms with van der Waals surface area (Å²) in [6.07, 6.45) is -0.144. The lowest BCUT2D eigenvalue weighted by molar-refractivity contribution is -0.0754. The van der Waals surface area contributed by atoms with Crippen LogP contribution in [-0.4, -0.2) is 58.1 Å². The quantitative estimate of drug-likeness (QED) is 0.146. The molecule has 17 nitrogen and oxygen atoms in total. The van der Waals surface area contributed by atoms with Gasteiger partial charge in [-0.05, 0) is 13.0 Å². The Morgan fingerprint density at radius 3 is 2.38 bits per heavy atom. The summed E-state index contributed by atoms with van der Waals surface area (Å²) in [6.45, 7) is 1.04. The van der Waals surface area contributed by atoms with Crippen molar-refractivity contribution in [2.45, 2.75) is 37.0 Å². The van der Waals surface area contributed by atoms with Crippen molar-refractivity contribution < 1.29 is 56.3 Å². The largest absolute Gasteiger partial charge is 0.490 e. The zero-order valence-corrected chi connectivity index (χ0v) is 18.6. The molecule has 180 valence electrons. The van der Waals surface area contributed by atoms with Crippen LogP contribution in [0.5, 0.6) is 0 Å². The first-order valence-electron chi connectivity index (χ1n) is 8.18. The van der Waals surface area contributed by atoms with E-state index in [2.05, 4.69) is 24.0 Å². The maximum absolute atomic E-state index is 12.1.